The number of halogens is 1. The summed E-state index contributed by atoms with van der Waals surface area (Å²) in [7, 11) is 0. The number of anilines is 1. The molecule has 1 aromatic heterocycles. The molecule has 0 aliphatic carbocycles. The van der Waals surface area contributed by atoms with Crippen molar-refractivity contribution in [2.45, 2.75) is 13.3 Å². The van der Waals surface area contributed by atoms with E-state index in [1.165, 1.54) is 0 Å². The minimum absolute atomic E-state index is 0.00130. The summed E-state index contributed by atoms with van der Waals surface area (Å²) >= 11 is 3.39. The fraction of sp³-hybridized carbons (Fsp3) is 0.400. The number of amides is 1. The topological polar surface area (TPSA) is 49.0 Å². The molecule has 1 aromatic rings. The molecule has 1 saturated heterocycles. The summed E-state index contributed by atoms with van der Waals surface area (Å²) in [5.41, 5.74) is 0.905. The van der Waals surface area contributed by atoms with Gasteiger partial charge in [-0.3, -0.25) is 14.8 Å². The van der Waals surface area contributed by atoms with Crippen LogP contribution in [0.1, 0.15) is 12.1 Å². The molecule has 2 heterocycles. The Balaban J connectivity index is 2.30. The van der Waals surface area contributed by atoms with Crippen molar-refractivity contribution in [1.82, 2.24) is 10.2 Å². The smallest absolute Gasteiger partial charge is 0.229 e. The van der Waals surface area contributed by atoms with Crippen molar-refractivity contribution in [3.8, 4) is 12.3 Å². The Morgan fingerprint density at radius 1 is 1.73 bits per heavy atom. The van der Waals surface area contributed by atoms with Gasteiger partial charge in [-0.25, -0.2) is 0 Å². The number of carbonyl (C=O) groups is 1. The van der Waals surface area contributed by atoms with Crippen LogP contribution in [0.2, 0.25) is 0 Å². The zero-order valence-corrected chi connectivity index (χ0v) is 9.84. The lowest BCUT2D eigenvalue weighted by molar-refractivity contribution is -0.117. The van der Waals surface area contributed by atoms with Crippen molar-refractivity contribution in [3.05, 3.63) is 10.2 Å². The number of hydrogen-bond acceptors (Lipinski definition) is 2. The number of aryl methyl sites for hydroxylation is 1. The Bertz CT molecular complexity index is 446. The summed E-state index contributed by atoms with van der Waals surface area (Å²) in [6.07, 6.45) is 5.72. The van der Waals surface area contributed by atoms with E-state index < -0.39 is 0 Å². The lowest BCUT2D eigenvalue weighted by Crippen LogP contribution is -2.25. The highest BCUT2D eigenvalue weighted by Crippen LogP contribution is 2.31. The molecule has 1 aliphatic heterocycles. The first-order valence-electron chi connectivity index (χ1n) is 4.60. The van der Waals surface area contributed by atoms with Crippen LogP contribution in [-0.2, 0) is 4.79 Å². The van der Waals surface area contributed by atoms with Crippen LogP contribution in [0.25, 0.3) is 0 Å². The van der Waals surface area contributed by atoms with E-state index in [2.05, 4.69) is 32.0 Å². The molecule has 1 unspecified atom stereocenters. The monoisotopic (exact) mass is 267 g/mol. The van der Waals surface area contributed by atoms with E-state index in [1.54, 1.807) is 4.90 Å². The van der Waals surface area contributed by atoms with Crippen LogP contribution in [-0.4, -0.2) is 22.6 Å². The third-order valence-electron chi connectivity index (χ3n) is 2.47. The van der Waals surface area contributed by atoms with E-state index in [9.17, 15) is 4.79 Å². The van der Waals surface area contributed by atoms with Gasteiger partial charge in [0.2, 0.25) is 5.91 Å². The Morgan fingerprint density at radius 2 is 2.47 bits per heavy atom. The zero-order valence-electron chi connectivity index (χ0n) is 8.25. The van der Waals surface area contributed by atoms with E-state index in [4.69, 9.17) is 6.42 Å². The number of rotatable bonds is 1. The molecule has 15 heavy (non-hydrogen) atoms. The van der Waals surface area contributed by atoms with Crippen molar-refractivity contribution in [3.63, 3.8) is 0 Å². The van der Waals surface area contributed by atoms with Crippen molar-refractivity contribution < 1.29 is 4.79 Å². The zero-order chi connectivity index (χ0) is 11.0. The molecule has 1 N–H and O–H groups in total. The lowest BCUT2D eigenvalue weighted by atomic mass is 10.1. The molecule has 78 valence electrons. The predicted molar refractivity (Wildman–Crippen MR) is 60.3 cm³/mol. The quantitative estimate of drug-likeness (QED) is 0.784. The highest BCUT2D eigenvalue weighted by Gasteiger charge is 2.32. The first-order chi connectivity index (χ1) is 7.13. The van der Waals surface area contributed by atoms with Gasteiger partial charge in [0, 0.05) is 24.6 Å². The third kappa shape index (κ3) is 1.65. The summed E-state index contributed by atoms with van der Waals surface area (Å²) in [4.78, 5) is 13.3. The maximum atomic E-state index is 11.7. The summed E-state index contributed by atoms with van der Waals surface area (Å²) in [6.45, 7) is 2.44. The maximum absolute atomic E-state index is 11.7. The first kappa shape index (κ1) is 10.2. The summed E-state index contributed by atoms with van der Waals surface area (Å²) in [6, 6.07) is 0. The second kappa shape index (κ2) is 3.70. The van der Waals surface area contributed by atoms with Gasteiger partial charge in [0.05, 0.1) is 4.47 Å². The van der Waals surface area contributed by atoms with E-state index in [0.29, 0.717) is 18.8 Å². The molecule has 5 heteroatoms. The van der Waals surface area contributed by atoms with Gasteiger partial charge in [-0.1, -0.05) is 0 Å². The standard InChI is InChI=1S/C10H10BrN3O/c1-3-7-4-8(15)14(5-7)10-9(11)6(2)12-13-10/h1,7H,4-5H2,2H3,(H,12,13). The van der Waals surface area contributed by atoms with E-state index in [0.717, 1.165) is 10.2 Å². The number of hydrogen-bond donors (Lipinski definition) is 1. The van der Waals surface area contributed by atoms with Crippen molar-refractivity contribution in [2.24, 2.45) is 5.92 Å². The average Bonchev–Trinajstić information content (AvgIpc) is 2.73. The van der Waals surface area contributed by atoms with Crippen LogP contribution in [0.3, 0.4) is 0 Å². The van der Waals surface area contributed by atoms with Gasteiger partial charge >= 0.3 is 0 Å². The van der Waals surface area contributed by atoms with Crippen LogP contribution in [0.4, 0.5) is 5.82 Å². The Morgan fingerprint density at radius 3 is 2.93 bits per heavy atom. The second-order valence-electron chi connectivity index (χ2n) is 3.56. The summed E-state index contributed by atoms with van der Waals surface area (Å²) < 4.78 is 0.827. The fourth-order valence-electron chi connectivity index (χ4n) is 1.61. The van der Waals surface area contributed by atoms with Crippen LogP contribution < -0.4 is 4.90 Å². The number of carbonyl (C=O) groups excluding carboxylic acids is 1. The average molecular weight is 268 g/mol. The number of terminal acetylenes is 1. The molecular formula is C10H10BrN3O. The molecule has 1 atom stereocenters. The number of nitrogens with zero attached hydrogens (tertiary/aromatic N) is 2. The maximum Gasteiger partial charge on any atom is 0.229 e. The molecule has 1 amide bonds. The number of aromatic amines is 1. The van der Waals surface area contributed by atoms with E-state index in [-0.39, 0.29) is 11.8 Å². The minimum atomic E-state index is 0.00130. The van der Waals surface area contributed by atoms with Gasteiger partial charge in [-0.15, -0.1) is 12.3 Å². The minimum Gasteiger partial charge on any atom is -0.293 e. The normalized spacial score (nSPS) is 20.7. The van der Waals surface area contributed by atoms with Crippen molar-refractivity contribution in [2.75, 3.05) is 11.4 Å². The Hall–Kier alpha value is -1.28. The summed E-state index contributed by atoms with van der Waals surface area (Å²) in [5, 5.41) is 6.91. The van der Waals surface area contributed by atoms with Crippen LogP contribution in [0.5, 0.6) is 0 Å². The fourth-order valence-corrected chi connectivity index (χ4v) is 2.00. The highest BCUT2D eigenvalue weighted by atomic mass is 79.9. The number of H-pyrrole nitrogens is 1. The van der Waals surface area contributed by atoms with Gasteiger partial charge in [0.15, 0.2) is 5.82 Å². The molecule has 0 saturated carbocycles. The van der Waals surface area contributed by atoms with Gasteiger partial charge in [-0.05, 0) is 22.9 Å². The largest absolute Gasteiger partial charge is 0.293 e. The SMILES string of the molecule is C#CC1CC(=O)N(c2n[nH]c(C)c2Br)C1. The van der Waals surface area contributed by atoms with Gasteiger partial charge in [0.1, 0.15) is 0 Å². The molecule has 0 bridgehead atoms. The Kier molecular flexibility index (Phi) is 2.53. The van der Waals surface area contributed by atoms with Gasteiger partial charge in [-0.2, -0.15) is 5.10 Å². The first-order valence-corrected chi connectivity index (χ1v) is 5.39. The molecule has 0 radical (unpaired) electrons. The predicted octanol–water partition coefficient (Wildman–Crippen LogP) is 1.47. The number of aromatic nitrogens is 2. The van der Waals surface area contributed by atoms with Crippen LogP contribution >= 0.6 is 15.9 Å². The van der Waals surface area contributed by atoms with Crippen LogP contribution in [0, 0.1) is 25.2 Å². The molecule has 1 fully saturated rings. The highest BCUT2D eigenvalue weighted by molar-refractivity contribution is 9.10. The molecule has 2 rings (SSSR count). The van der Waals surface area contributed by atoms with E-state index in [1.807, 2.05) is 6.92 Å². The lowest BCUT2D eigenvalue weighted by Gasteiger charge is -2.12. The molecule has 1 aliphatic rings. The second-order valence-corrected chi connectivity index (χ2v) is 4.35. The van der Waals surface area contributed by atoms with Crippen LogP contribution in [0.15, 0.2) is 4.47 Å². The summed E-state index contributed by atoms with van der Waals surface area (Å²) in [5.74, 6) is 3.27. The third-order valence-corrected chi connectivity index (χ3v) is 3.42. The molecule has 0 spiro atoms. The molecular weight excluding hydrogens is 258 g/mol. The van der Waals surface area contributed by atoms with Crippen molar-refractivity contribution in [1.29, 1.82) is 0 Å². The van der Waals surface area contributed by atoms with E-state index >= 15 is 0 Å². The number of nitrogens with one attached hydrogen (secondary N) is 1. The van der Waals surface area contributed by atoms with Gasteiger partial charge in [0.25, 0.3) is 0 Å². The molecule has 0 aromatic carbocycles. The van der Waals surface area contributed by atoms with Gasteiger partial charge < -0.3 is 0 Å². The van der Waals surface area contributed by atoms with Crippen molar-refractivity contribution >= 4 is 27.7 Å². The molecule has 4 nitrogen and oxygen atoms in total. The Labute approximate surface area is 96.2 Å².